The second-order valence-corrected chi connectivity index (χ2v) is 5.85. The minimum absolute atomic E-state index is 0.161. The van der Waals surface area contributed by atoms with E-state index in [1.54, 1.807) is 12.1 Å². The fraction of sp³-hybridized carbons (Fsp3) is 0.625. The Hall–Kier alpha value is -1.13. The molecular formula is C16H23FN2O. The van der Waals surface area contributed by atoms with Gasteiger partial charge in [-0.2, -0.15) is 0 Å². The molecule has 0 bridgehead atoms. The van der Waals surface area contributed by atoms with Crippen LogP contribution < -0.4 is 4.90 Å². The van der Waals surface area contributed by atoms with Gasteiger partial charge >= 0.3 is 0 Å². The van der Waals surface area contributed by atoms with Crippen LogP contribution in [0.25, 0.3) is 0 Å². The molecule has 2 fully saturated rings. The third-order valence-corrected chi connectivity index (χ3v) is 4.32. The molecule has 4 heteroatoms. The van der Waals surface area contributed by atoms with E-state index in [1.807, 2.05) is 12.1 Å². The van der Waals surface area contributed by atoms with Crippen molar-refractivity contribution in [2.24, 2.45) is 5.92 Å². The predicted octanol–water partition coefficient (Wildman–Crippen LogP) is 2.37. The molecular weight excluding hydrogens is 255 g/mol. The van der Waals surface area contributed by atoms with E-state index in [0.29, 0.717) is 5.92 Å². The van der Waals surface area contributed by atoms with Gasteiger partial charge < -0.3 is 14.5 Å². The summed E-state index contributed by atoms with van der Waals surface area (Å²) in [6.45, 7) is 7.36. The number of halogens is 1. The van der Waals surface area contributed by atoms with Crippen LogP contribution in [0.4, 0.5) is 10.1 Å². The summed E-state index contributed by atoms with van der Waals surface area (Å²) in [5, 5.41) is 0. The zero-order chi connectivity index (χ0) is 13.8. The lowest BCUT2D eigenvalue weighted by atomic mass is 10.1. The Morgan fingerprint density at radius 2 is 1.95 bits per heavy atom. The zero-order valence-corrected chi connectivity index (χ0v) is 11.9. The average molecular weight is 278 g/mol. The standard InChI is InChI=1S/C16H23FN2O/c17-15-2-4-16(5-3-15)19-8-1-7-18(9-10-19)12-14-6-11-20-13-14/h2-5,14H,1,6-13H2. The van der Waals surface area contributed by atoms with Gasteiger partial charge in [0.2, 0.25) is 0 Å². The Morgan fingerprint density at radius 3 is 2.70 bits per heavy atom. The molecule has 0 saturated carbocycles. The maximum atomic E-state index is 13.0. The number of ether oxygens (including phenoxy) is 1. The first-order chi connectivity index (χ1) is 9.81. The molecule has 1 aromatic rings. The van der Waals surface area contributed by atoms with Crippen molar-refractivity contribution in [3.8, 4) is 0 Å². The highest BCUT2D eigenvalue weighted by atomic mass is 19.1. The second-order valence-electron chi connectivity index (χ2n) is 5.85. The Bertz CT molecular complexity index is 417. The largest absolute Gasteiger partial charge is 0.381 e. The highest BCUT2D eigenvalue weighted by Crippen LogP contribution is 2.19. The molecule has 0 spiro atoms. The van der Waals surface area contributed by atoms with Crippen molar-refractivity contribution in [3.63, 3.8) is 0 Å². The molecule has 0 aliphatic carbocycles. The number of hydrogen-bond donors (Lipinski definition) is 0. The number of anilines is 1. The zero-order valence-electron chi connectivity index (χ0n) is 11.9. The van der Waals surface area contributed by atoms with Gasteiger partial charge in [-0.3, -0.25) is 0 Å². The first-order valence-corrected chi connectivity index (χ1v) is 7.62. The Kier molecular flexibility index (Phi) is 4.53. The first kappa shape index (κ1) is 13.8. The third kappa shape index (κ3) is 3.49. The first-order valence-electron chi connectivity index (χ1n) is 7.62. The van der Waals surface area contributed by atoms with Crippen LogP contribution in [-0.4, -0.2) is 50.8 Å². The highest BCUT2D eigenvalue weighted by molar-refractivity contribution is 5.46. The molecule has 0 radical (unpaired) electrons. The predicted molar refractivity (Wildman–Crippen MR) is 78.6 cm³/mol. The molecule has 2 heterocycles. The van der Waals surface area contributed by atoms with E-state index >= 15 is 0 Å². The van der Waals surface area contributed by atoms with E-state index in [2.05, 4.69) is 9.80 Å². The van der Waals surface area contributed by atoms with Crippen LogP contribution >= 0.6 is 0 Å². The summed E-state index contributed by atoms with van der Waals surface area (Å²) in [5.74, 6) is 0.554. The van der Waals surface area contributed by atoms with Gasteiger partial charge in [-0.25, -0.2) is 4.39 Å². The lowest BCUT2D eigenvalue weighted by molar-refractivity contribution is 0.169. The fourth-order valence-corrected chi connectivity index (χ4v) is 3.16. The van der Waals surface area contributed by atoms with Crippen molar-refractivity contribution in [1.29, 1.82) is 0 Å². The number of nitrogens with zero attached hydrogens (tertiary/aromatic N) is 2. The Labute approximate surface area is 120 Å². The fourth-order valence-electron chi connectivity index (χ4n) is 3.16. The van der Waals surface area contributed by atoms with Crippen LogP contribution in [0, 0.1) is 11.7 Å². The van der Waals surface area contributed by atoms with E-state index < -0.39 is 0 Å². The van der Waals surface area contributed by atoms with Crippen molar-refractivity contribution >= 4 is 5.69 Å². The van der Waals surface area contributed by atoms with Crippen molar-refractivity contribution in [1.82, 2.24) is 4.90 Å². The van der Waals surface area contributed by atoms with Crippen molar-refractivity contribution in [2.75, 3.05) is 50.8 Å². The summed E-state index contributed by atoms with van der Waals surface area (Å²) >= 11 is 0. The summed E-state index contributed by atoms with van der Waals surface area (Å²) in [6.07, 6.45) is 2.38. The minimum atomic E-state index is -0.161. The van der Waals surface area contributed by atoms with Gasteiger partial charge in [0.1, 0.15) is 5.82 Å². The number of rotatable bonds is 3. The molecule has 110 valence electrons. The van der Waals surface area contributed by atoms with E-state index in [0.717, 1.165) is 51.6 Å². The summed E-state index contributed by atoms with van der Waals surface area (Å²) in [5.41, 5.74) is 1.14. The maximum absolute atomic E-state index is 13.0. The smallest absolute Gasteiger partial charge is 0.123 e. The lowest BCUT2D eigenvalue weighted by Gasteiger charge is -2.24. The molecule has 0 N–H and O–H groups in total. The second kappa shape index (κ2) is 6.55. The lowest BCUT2D eigenvalue weighted by Crippen LogP contribution is -2.34. The average Bonchev–Trinajstić information content (AvgIpc) is 2.85. The van der Waals surface area contributed by atoms with Crippen LogP contribution in [0.1, 0.15) is 12.8 Å². The summed E-state index contributed by atoms with van der Waals surface area (Å²) in [7, 11) is 0. The summed E-state index contributed by atoms with van der Waals surface area (Å²) < 4.78 is 18.4. The van der Waals surface area contributed by atoms with Crippen LogP contribution in [-0.2, 0) is 4.74 Å². The normalized spacial score (nSPS) is 24.9. The van der Waals surface area contributed by atoms with Gasteiger partial charge in [0.25, 0.3) is 0 Å². The molecule has 20 heavy (non-hydrogen) atoms. The quantitative estimate of drug-likeness (QED) is 0.844. The molecule has 2 aliphatic heterocycles. The van der Waals surface area contributed by atoms with Gasteiger partial charge in [0, 0.05) is 38.5 Å². The molecule has 2 aliphatic rings. The van der Waals surface area contributed by atoms with E-state index in [1.165, 1.54) is 12.8 Å². The molecule has 0 aromatic heterocycles. The molecule has 3 rings (SSSR count). The van der Waals surface area contributed by atoms with Gasteiger partial charge in [-0.05, 0) is 49.6 Å². The van der Waals surface area contributed by atoms with Crippen molar-refractivity contribution < 1.29 is 9.13 Å². The van der Waals surface area contributed by atoms with E-state index in [9.17, 15) is 4.39 Å². The Balaban J connectivity index is 1.54. The van der Waals surface area contributed by atoms with Crippen LogP contribution in [0.2, 0.25) is 0 Å². The molecule has 1 atom stereocenters. The van der Waals surface area contributed by atoms with Crippen LogP contribution in [0.15, 0.2) is 24.3 Å². The summed E-state index contributed by atoms with van der Waals surface area (Å²) in [4.78, 5) is 4.92. The monoisotopic (exact) mass is 278 g/mol. The van der Waals surface area contributed by atoms with Crippen LogP contribution in [0.3, 0.4) is 0 Å². The summed E-state index contributed by atoms with van der Waals surface area (Å²) in [6, 6.07) is 6.87. The maximum Gasteiger partial charge on any atom is 0.123 e. The molecule has 2 saturated heterocycles. The topological polar surface area (TPSA) is 15.7 Å². The van der Waals surface area contributed by atoms with Gasteiger partial charge in [0.15, 0.2) is 0 Å². The molecule has 3 nitrogen and oxygen atoms in total. The highest BCUT2D eigenvalue weighted by Gasteiger charge is 2.21. The van der Waals surface area contributed by atoms with Gasteiger partial charge in [-0.1, -0.05) is 0 Å². The molecule has 0 amide bonds. The van der Waals surface area contributed by atoms with Gasteiger partial charge in [-0.15, -0.1) is 0 Å². The van der Waals surface area contributed by atoms with E-state index in [4.69, 9.17) is 4.74 Å². The van der Waals surface area contributed by atoms with E-state index in [-0.39, 0.29) is 5.82 Å². The minimum Gasteiger partial charge on any atom is -0.381 e. The van der Waals surface area contributed by atoms with Crippen molar-refractivity contribution in [3.05, 3.63) is 30.1 Å². The number of hydrogen-bond acceptors (Lipinski definition) is 3. The number of benzene rings is 1. The SMILES string of the molecule is Fc1ccc(N2CCCN(CC3CCOC3)CC2)cc1. The molecule has 1 aromatic carbocycles. The van der Waals surface area contributed by atoms with Crippen LogP contribution in [0.5, 0.6) is 0 Å². The molecule has 1 unspecified atom stereocenters. The Morgan fingerprint density at radius 1 is 1.10 bits per heavy atom. The van der Waals surface area contributed by atoms with Crippen molar-refractivity contribution in [2.45, 2.75) is 12.8 Å². The van der Waals surface area contributed by atoms with Gasteiger partial charge in [0.05, 0.1) is 6.61 Å². The third-order valence-electron chi connectivity index (χ3n) is 4.32.